The first-order valence-corrected chi connectivity index (χ1v) is 10.8. The third-order valence-electron chi connectivity index (χ3n) is 4.83. The second-order valence-corrected chi connectivity index (χ2v) is 7.26. The van der Waals surface area contributed by atoms with Crippen molar-refractivity contribution < 1.29 is 4.79 Å². The van der Waals surface area contributed by atoms with Crippen LogP contribution in [0.15, 0.2) is 76.6 Å². The van der Waals surface area contributed by atoms with Gasteiger partial charge in [0.1, 0.15) is 11.9 Å². The van der Waals surface area contributed by atoms with Crippen molar-refractivity contribution in [3.8, 4) is 12.3 Å². The molecule has 31 heavy (non-hydrogen) atoms. The van der Waals surface area contributed by atoms with E-state index in [9.17, 15) is 4.79 Å². The molecule has 2 N–H and O–H groups in total. The molecule has 1 unspecified atom stereocenters. The maximum Gasteiger partial charge on any atom is 0.251 e. The van der Waals surface area contributed by atoms with Gasteiger partial charge < -0.3 is 5.32 Å². The Morgan fingerprint density at radius 1 is 1.45 bits per heavy atom. The molecular weight excluding hydrogens is 384 g/mol. The molecule has 0 fully saturated rings. The highest BCUT2D eigenvalue weighted by molar-refractivity contribution is 6.16. The molecule has 2 atom stereocenters. The fraction of sp³-hybridized carbons (Fsp3) is 0.385. The van der Waals surface area contributed by atoms with E-state index < -0.39 is 0 Å². The molecule has 0 aromatic carbocycles. The molecule has 0 aliphatic carbocycles. The molecule has 0 saturated carbocycles. The van der Waals surface area contributed by atoms with Crippen LogP contribution in [0.4, 0.5) is 0 Å². The molecular formula is C26H36N4O. The lowest BCUT2D eigenvalue weighted by Gasteiger charge is -2.32. The van der Waals surface area contributed by atoms with Crippen LogP contribution in [0.1, 0.15) is 47.5 Å². The number of carbonyl (C=O) groups excluding carboxylic acids is 1. The molecule has 0 radical (unpaired) electrons. The van der Waals surface area contributed by atoms with Gasteiger partial charge in [0.05, 0.1) is 11.3 Å². The van der Waals surface area contributed by atoms with E-state index in [-0.39, 0.29) is 18.1 Å². The summed E-state index contributed by atoms with van der Waals surface area (Å²) in [6, 6.07) is 0.0865. The lowest BCUT2D eigenvalue weighted by molar-refractivity contribution is -0.117. The van der Waals surface area contributed by atoms with Crippen molar-refractivity contribution in [3.05, 3.63) is 71.5 Å². The number of hydrazone groups is 1. The van der Waals surface area contributed by atoms with E-state index in [1.54, 1.807) is 12.2 Å². The van der Waals surface area contributed by atoms with E-state index in [1.807, 2.05) is 71.0 Å². The zero-order valence-electron chi connectivity index (χ0n) is 19.7. The van der Waals surface area contributed by atoms with E-state index >= 15 is 0 Å². The molecule has 1 aliphatic heterocycles. The van der Waals surface area contributed by atoms with Crippen LogP contribution in [-0.2, 0) is 4.79 Å². The number of allylic oxidation sites excluding steroid dienone is 7. The average Bonchev–Trinajstić information content (AvgIpc) is 2.76. The third kappa shape index (κ3) is 7.27. The van der Waals surface area contributed by atoms with Crippen molar-refractivity contribution in [2.24, 2.45) is 5.10 Å². The van der Waals surface area contributed by atoms with E-state index in [4.69, 9.17) is 11.5 Å². The Bertz CT molecular complexity index is 878. The molecule has 0 aromatic rings. The third-order valence-corrected chi connectivity index (χ3v) is 4.83. The van der Waals surface area contributed by atoms with E-state index in [1.165, 1.54) is 0 Å². The van der Waals surface area contributed by atoms with Gasteiger partial charge in [-0.1, -0.05) is 44.6 Å². The second-order valence-electron chi connectivity index (χ2n) is 7.26. The zero-order chi connectivity index (χ0) is 23.4. The first kappa shape index (κ1) is 25.9. The molecule has 0 spiro atoms. The second kappa shape index (κ2) is 13.3. The van der Waals surface area contributed by atoms with Crippen molar-refractivity contribution in [3.63, 3.8) is 0 Å². The summed E-state index contributed by atoms with van der Waals surface area (Å²) in [5.41, 5.74) is 3.58. The first-order valence-electron chi connectivity index (χ1n) is 10.8. The van der Waals surface area contributed by atoms with E-state index in [0.29, 0.717) is 16.9 Å². The van der Waals surface area contributed by atoms with Gasteiger partial charge in [-0.25, -0.2) is 5.01 Å². The molecule has 5 heteroatoms. The number of likely N-dealkylation sites (N-methyl/N-ethyl adjacent to an activating group) is 1. The Kier molecular flexibility index (Phi) is 11.1. The summed E-state index contributed by atoms with van der Waals surface area (Å²) in [6.45, 7) is 13.7. The van der Waals surface area contributed by atoms with Gasteiger partial charge in [-0.15, -0.1) is 6.42 Å². The van der Waals surface area contributed by atoms with Crippen LogP contribution in [0.3, 0.4) is 0 Å². The van der Waals surface area contributed by atoms with Gasteiger partial charge in [0.25, 0.3) is 5.91 Å². The Morgan fingerprint density at radius 3 is 2.68 bits per heavy atom. The number of hydrogen-bond acceptors (Lipinski definition) is 4. The van der Waals surface area contributed by atoms with Crippen LogP contribution >= 0.6 is 0 Å². The van der Waals surface area contributed by atoms with Crippen molar-refractivity contribution in [1.29, 1.82) is 0 Å². The van der Waals surface area contributed by atoms with Crippen LogP contribution in [0.2, 0.25) is 0 Å². The fourth-order valence-electron chi connectivity index (χ4n) is 3.01. The lowest BCUT2D eigenvalue weighted by atomic mass is 9.98. The standard InChI is InChI=1S/C26H36N4O/c1-9-14-22(26(31)28-20(7)12-4)18-21(13-5)25-19(6)17-24(27-8)30(29-25)23(15-10-2)16-11-3/h5,10-11,14-18,20,24,27H,2,9,12H2,1,3-4,6-8H3,(H,28,31)/b16-11-,21-18+,22-14-,23-15+/t20-,24?/m0/s1. The van der Waals surface area contributed by atoms with E-state index in [0.717, 1.165) is 24.1 Å². The minimum absolute atomic E-state index is 0.0865. The maximum atomic E-state index is 12.8. The Morgan fingerprint density at radius 2 is 2.16 bits per heavy atom. The van der Waals surface area contributed by atoms with Gasteiger partial charge in [-0.2, -0.15) is 5.10 Å². The monoisotopic (exact) mass is 420 g/mol. The van der Waals surface area contributed by atoms with Crippen LogP contribution in [0.5, 0.6) is 0 Å². The summed E-state index contributed by atoms with van der Waals surface area (Å²) < 4.78 is 0. The van der Waals surface area contributed by atoms with Gasteiger partial charge in [-0.3, -0.25) is 10.1 Å². The molecule has 0 saturated heterocycles. The topological polar surface area (TPSA) is 56.7 Å². The van der Waals surface area contributed by atoms with Crippen LogP contribution in [0, 0.1) is 12.3 Å². The van der Waals surface area contributed by atoms with Crippen LogP contribution in [-0.4, -0.2) is 35.9 Å². The normalized spacial score (nSPS) is 18.9. The smallest absolute Gasteiger partial charge is 0.251 e. The summed E-state index contributed by atoms with van der Waals surface area (Å²) in [7, 11) is 1.88. The SMILES string of the molecule is C#C/C(=C\C(=C\CC)C(=O)N[C@@H](C)CC)C1=NN(C(/C=C\C)=C/C=C)C(NC)C=C1C. The van der Waals surface area contributed by atoms with Gasteiger partial charge in [0.15, 0.2) is 0 Å². The zero-order valence-corrected chi connectivity index (χ0v) is 19.7. The predicted octanol–water partition coefficient (Wildman–Crippen LogP) is 4.61. The summed E-state index contributed by atoms with van der Waals surface area (Å²) in [6.07, 6.45) is 20.5. The highest BCUT2D eigenvalue weighted by Crippen LogP contribution is 2.23. The van der Waals surface area contributed by atoms with Gasteiger partial charge >= 0.3 is 0 Å². The highest BCUT2D eigenvalue weighted by atomic mass is 16.1. The van der Waals surface area contributed by atoms with Gasteiger partial charge in [0, 0.05) is 11.6 Å². The van der Waals surface area contributed by atoms with Gasteiger partial charge in [-0.05, 0) is 70.5 Å². The van der Waals surface area contributed by atoms with E-state index in [2.05, 4.69) is 29.2 Å². The Labute approximate surface area is 188 Å². The molecule has 0 bridgehead atoms. The molecule has 166 valence electrons. The maximum absolute atomic E-state index is 12.8. The highest BCUT2D eigenvalue weighted by Gasteiger charge is 2.24. The molecule has 1 rings (SSSR count). The van der Waals surface area contributed by atoms with Crippen LogP contribution in [0.25, 0.3) is 0 Å². The molecule has 1 heterocycles. The Hall–Kier alpha value is -3.10. The molecule has 1 amide bonds. The number of carbonyl (C=O) groups is 1. The minimum atomic E-state index is -0.135. The number of rotatable bonds is 10. The summed E-state index contributed by atoms with van der Waals surface area (Å²) in [4.78, 5) is 12.8. The molecule has 5 nitrogen and oxygen atoms in total. The van der Waals surface area contributed by atoms with Crippen molar-refractivity contribution in [2.45, 2.75) is 59.7 Å². The van der Waals surface area contributed by atoms with Crippen molar-refractivity contribution in [2.75, 3.05) is 7.05 Å². The number of nitrogens with one attached hydrogen (secondary N) is 2. The minimum Gasteiger partial charge on any atom is -0.350 e. The largest absolute Gasteiger partial charge is 0.350 e. The van der Waals surface area contributed by atoms with Crippen molar-refractivity contribution >= 4 is 11.6 Å². The molecule has 0 aromatic heterocycles. The Balaban J connectivity index is 3.50. The molecule has 1 aliphatic rings. The fourth-order valence-corrected chi connectivity index (χ4v) is 3.01. The first-order chi connectivity index (χ1) is 14.9. The summed E-state index contributed by atoms with van der Waals surface area (Å²) >= 11 is 0. The quantitative estimate of drug-likeness (QED) is 0.308. The van der Waals surface area contributed by atoms with Crippen molar-refractivity contribution in [1.82, 2.24) is 15.6 Å². The summed E-state index contributed by atoms with van der Waals surface area (Å²) in [5, 5.41) is 13.0. The number of terminal acetylenes is 1. The lowest BCUT2D eigenvalue weighted by Crippen LogP contribution is -2.42. The number of amides is 1. The number of nitrogens with zero attached hydrogens (tertiary/aromatic N) is 2. The average molecular weight is 421 g/mol. The predicted molar refractivity (Wildman–Crippen MR) is 132 cm³/mol. The van der Waals surface area contributed by atoms with Crippen LogP contribution < -0.4 is 10.6 Å². The summed E-state index contributed by atoms with van der Waals surface area (Å²) in [5.74, 6) is 2.60. The number of hydrogen-bond donors (Lipinski definition) is 2. The van der Waals surface area contributed by atoms with Gasteiger partial charge in [0.2, 0.25) is 0 Å².